The zero-order valence-corrected chi connectivity index (χ0v) is 14.1. The Morgan fingerprint density at radius 2 is 2.00 bits per heavy atom. The highest BCUT2D eigenvalue weighted by Crippen LogP contribution is 2.33. The third-order valence-electron chi connectivity index (χ3n) is 3.14. The van der Waals surface area contributed by atoms with Crippen molar-refractivity contribution in [2.24, 2.45) is 5.84 Å². The van der Waals surface area contributed by atoms with Gasteiger partial charge in [-0.25, -0.2) is 10.8 Å². The normalized spacial score (nSPS) is 10.7. The molecule has 0 aliphatic carbocycles. The number of carbonyl (C=O) groups is 1. The van der Waals surface area contributed by atoms with Gasteiger partial charge in [0, 0.05) is 15.7 Å². The Morgan fingerprint density at radius 3 is 2.68 bits per heavy atom. The van der Waals surface area contributed by atoms with E-state index in [9.17, 15) is 4.79 Å². The van der Waals surface area contributed by atoms with Gasteiger partial charge in [0.1, 0.15) is 0 Å². The van der Waals surface area contributed by atoms with Crippen LogP contribution in [0, 0.1) is 6.92 Å². The number of carbonyl (C=O) groups excluding carboxylic acids is 1. The zero-order valence-electron chi connectivity index (χ0n) is 11.7. The van der Waals surface area contributed by atoms with Gasteiger partial charge < -0.3 is 5.32 Å². The second-order valence-electron chi connectivity index (χ2n) is 4.79. The number of rotatable bonds is 3. The Labute approximate surface area is 139 Å². The van der Waals surface area contributed by atoms with Gasteiger partial charge in [0.25, 0.3) is 5.91 Å². The summed E-state index contributed by atoms with van der Waals surface area (Å²) in [7, 11) is 0. The Bertz CT molecular complexity index is 845. The van der Waals surface area contributed by atoms with E-state index in [0.29, 0.717) is 16.4 Å². The average molecular weight is 377 g/mol. The van der Waals surface area contributed by atoms with Crippen LogP contribution in [0.2, 0.25) is 0 Å². The fraction of sp³-hybridized carbons (Fsp3) is 0.0667. The predicted octanol–water partition coefficient (Wildman–Crippen LogP) is 3.91. The molecule has 0 atom stereocenters. The van der Waals surface area contributed by atoms with Crippen LogP contribution in [0.25, 0.3) is 10.2 Å². The van der Waals surface area contributed by atoms with Crippen LogP contribution in [0.15, 0.2) is 40.9 Å². The van der Waals surface area contributed by atoms with E-state index in [2.05, 4.69) is 31.7 Å². The van der Waals surface area contributed by atoms with Crippen molar-refractivity contribution < 1.29 is 4.79 Å². The second-order valence-corrected chi connectivity index (χ2v) is 6.67. The summed E-state index contributed by atoms with van der Waals surface area (Å²) >= 11 is 4.89. The molecular weight excluding hydrogens is 364 g/mol. The Kier molecular flexibility index (Phi) is 4.10. The monoisotopic (exact) mass is 376 g/mol. The van der Waals surface area contributed by atoms with Gasteiger partial charge in [0.15, 0.2) is 5.13 Å². The molecule has 22 heavy (non-hydrogen) atoms. The SMILES string of the molecule is Cc1ccc(C(=O)Nc2cc(Br)c3nc(NN)sc3c2)cc1. The molecule has 4 N–H and O–H groups in total. The number of thiazole rings is 1. The highest BCUT2D eigenvalue weighted by molar-refractivity contribution is 9.10. The first-order valence-corrected chi connectivity index (χ1v) is 8.12. The molecule has 7 heteroatoms. The molecule has 5 nitrogen and oxygen atoms in total. The topological polar surface area (TPSA) is 80.0 Å². The minimum Gasteiger partial charge on any atom is -0.322 e. The van der Waals surface area contributed by atoms with E-state index in [4.69, 9.17) is 5.84 Å². The van der Waals surface area contributed by atoms with E-state index in [1.54, 1.807) is 12.1 Å². The van der Waals surface area contributed by atoms with Crippen molar-refractivity contribution in [2.45, 2.75) is 6.92 Å². The highest BCUT2D eigenvalue weighted by Gasteiger charge is 2.11. The number of fused-ring (bicyclic) bond motifs is 1. The standard InChI is InChI=1S/C15H13BrN4OS/c1-8-2-4-9(5-3-8)14(21)18-10-6-11(16)13-12(7-10)22-15(19-13)20-17/h2-7H,17H2,1H3,(H,18,21)(H,19,20). The molecule has 0 unspecified atom stereocenters. The number of halogens is 1. The molecule has 1 amide bonds. The lowest BCUT2D eigenvalue weighted by Crippen LogP contribution is -2.11. The summed E-state index contributed by atoms with van der Waals surface area (Å²) < 4.78 is 1.74. The van der Waals surface area contributed by atoms with Crippen molar-refractivity contribution in [3.05, 3.63) is 52.0 Å². The molecule has 0 radical (unpaired) electrons. The first-order chi connectivity index (χ1) is 10.6. The molecule has 0 saturated heterocycles. The van der Waals surface area contributed by atoms with Crippen molar-refractivity contribution in [1.82, 2.24) is 4.98 Å². The Morgan fingerprint density at radius 1 is 1.27 bits per heavy atom. The van der Waals surface area contributed by atoms with E-state index in [1.165, 1.54) is 11.3 Å². The molecule has 0 fully saturated rings. The number of aromatic nitrogens is 1. The van der Waals surface area contributed by atoms with Crippen LogP contribution in [-0.4, -0.2) is 10.9 Å². The molecule has 3 rings (SSSR count). The number of hydrogen-bond donors (Lipinski definition) is 3. The van der Waals surface area contributed by atoms with Gasteiger partial charge in [0.2, 0.25) is 0 Å². The highest BCUT2D eigenvalue weighted by atomic mass is 79.9. The van der Waals surface area contributed by atoms with Crippen molar-refractivity contribution >= 4 is 54.2 Å². The minimum atomic E-state index is -0.145. The third kappa shape index (κ3) is 2.96. The van der Waals surface area contributed by atoms with Crippen molar-refractivity contribution in [2.75, 3.05) is 10.7 Å². The fourth-order valence-electron chi connectivity index (χ4n) is 2.03. The van der Waals surface area contributed by atoms with Crippen LogP contribution in [0.1, 0.15) is 15.9 Å². The number of hydrazine groups is 1. The largest absolute Gasteiger partial charge is 0.322 e. The van der Waals surface area contributed by atoms with Crippen LogP contribution in [0.4, 0.5) is 10.8 Å². The predicted molar refractivity (Wildman–Crippen MR) is 94.3 cm³/mol. The number of hydrogen-bond acceptors (Lipinski definition) is 5. The summed E-state index contributed by atoms with van der Waals surface area (Å²) in [5.41, 5.74) is 5.79. The number of nitrogens with one attached hydrogen (secondary N) is 2. The number of aryl methyl sites for hydroxylation is 1. The van der Waals surface area contributed by atoms with Gasteiger partial charge in [-0.1, -0.05) is 29.0 Å². The maximum atomic E-state index is 12.3. The van der Waals surface area contributed by atoms with Crippen LogP contribution in [0.3, 0.4) is 0 Å². The average Bonchev–Trinajstić information content (AvgIpc) is 2.91. The lowest BCUT2D eigenvalue weighted by atomic mass is 10.1. The second kappa shape index (κ2) is 6.04. The molecule has 3 aromatic rings. The van der Waals surface area contributed by atoms with Gasteiger partial charge in [-0.3, -0.25) is 10.2 Å². The maximum absolute atomic E-state index is 12.3. The van der Waals surface area contributed by atoms with Crippen LogP contribution in [0.5, 0.6) is 0 Å². The van der Waals surface area contributed by atoms with Gasteiger partial charge in [-0.05, 0) is 47.1 Å². The lowest BCUT2D eigenvalue weighted by Gasteiger charge is -2.06. The van der Waals surface area contributed by atoms with E-state index in [-0.39, 0.29) is 5.91 Å². The summed E-state index contributed by atoms with van der Waals surface area (Å²) in [4.78, 5) is 16.6. The minimum absolute atomic E-state index is 0.145. The van der Waals surface area contributed by atoms with Gasteiger partial charge >= 0.3 is 0 Å². The Hall–Kier alpha value is -1.96. The number of anilines is 2. The molecule has 1 aromatic heterocycles. The van der Waals surface area contributed by atoms with E-state index in [0.717, 1.165) is 20.3 Å². The number of benzene rings is 2. The summed E-state index contributed by atoms with van der Waals surface area (Å²) in [5.74, 6) is 5.24. The maximum Gasteiger partial charge on any atom is 0.255 e. The lowest BCUT2D eigenvalue weighted by molar-refractivity contribution is 0.102. The van der Waals surface area contributed by atoms with Crippen LogP contribution >= 0.6 is 27.3 Å². The number of amides is 1. The van der Waals surface area contributed by atoms with Gasteiger partial charge in [-0.15, -0.1) is 0 Å². The quantitative estimate of drug-likeness (QED) is 0.478. The summed E-state index contributed by atoms with van der Waals surface area (Å²) in [6.07, 6.45) is 0. The van der Waals surface area contributed by atoms with Gasteiger partial charge in [0.05, 0.1) is 10.2 Å². The summed E-state index contributed by atoms with van der Waals surface area (Å²) in [5, 5.41) is 3.52. The van der Waals surface area contributed by atoms with Crippen molar-refractivity contribution in [3.8, 4) is 0 Å². The van der Waals surface area contributed by atoms with Gasteiger partial charge in [-0.2, -0.15) is 0 Å². The first kappa shape index (κ1) is 15.0. The fourth-order valence-corrected chi connectivity index (χ4v) is 3.55. The first-order valence-electron chi connectivity index (χ1n) is 6.51. The van der Waals surface area contributed by atoms with Crippen LogP contribution < -0.4 is 16.6 Å². The van der Waals surface area contributed by atoms with E-state index in [1.807, 2.05) is 31.2 Å². The summed E-state index contributed by atoms with van der Waals surface area (Å²) in [6.45, 7) is 1.99. The van der Waals surface area contributed by atoms with Crippen LogP contribution in [-0.2, 0) is 0 Å². The molecule has 0 aliphatic heterocycles. The Balaban J connectivity index is 1.90. The van der Waals surface area contributed by atoms with Crippen molar-refractivity contribution in [3.63, 3.8) is 0 Å². The molecule has 112 valence electrons. The third-order valence-corrected chi connectivity index (χ3v) is 4.68. The van der Waals surface area contributed by atoms with E-state index < -0.39 is 0 Å². The number of nitrogens with two attached hydrogens (primary N) is 1. The molecule has 0 saturated carbocycles. The summed E-state index contributed by atoms with van der Waals surface area (Å²) in [6, 6.07) is 11.1. The molecule has 1 heterocycles. The molecular formula is C15H13BrN4OS. The molecule has 0 spiro atoms. The molecule has 2 aromatic carbocycles. The zero-order chi connectivity index (χ0) is 15.7. The number of nitrogens with zero attached hydrogens (tertiary/aromatic N) is 1. The smallest absolute Gasteiger partial charge is 0.255 e. The van der Waals surface area contributed by atoms with E-state index >= 15 is 0 Å². The molecule has 0 aliphatic rings. The van der Waals surface area contributed by atoms with Crippen molar-refractivity contribution in [1.29, 1.82) is 0 Å². The number of nitrogen functional groups attached to an aromatic ring is 1. The molecule has 0 bridgehead atoms.